The number of methoxy groups -OCH3 is 1. The van der Waals surface area contributed by atoms with Crippen molar-refractivity contribution in [1.82, 2.24) is 20.2 Å². The van der Waals surface area contributed by atoms with Crippen LogP contribution in [0.1, 0.15) is 29.7 Å². The van der Waals surface area contributed by atoms with Crippen LogP contribution in [0.25, 0.3) is 0 Å². The first kappa shape index (κ1) is 26.9. The van der Waals surface area contributed by atoms with Gasteiger partial charge in [0.25, 0.3) is 5.91 Å². The monoisotopic (exact) mass is 524 g/mol. The number of allylic oxidation sites excluding steroid dienone is 1. The average Bonchev–Trinajstić information content (AvgIpc) is 2.86. The number of hydrogen-bond donors (Lipinski definition) is 3. The van der Waals surface area contributed by atoms with Crippen LogP contribution in [0.2, 0.25) is 5.02 Å². The van der Waals surface area contributed by atoms with Gasteiger partial charge in [0.05, 0.1) is 47.5 Å². The van der Waals surface area contributed by atoms with Crippen molar-refractivity contribution >= 4 is 29.1 Å². The van der Waals surface area contributed by atoms with Crippen LogP contribution in [-0.4, -0.2) is 52.6 Å². The fourth-order valence-corrected chi connectivity index (χ4v) is 3.92. The zero-order valence-corrected chi connectivity index (χ0v) is 20.0. The summed E-state index contributed by atoms with van der Waals surface area (Å²) in [5, 5.41) is 10.9. The van der Waals surface area contributed by atoms with E-state index in [0.717, 1.165) is 6.07 Å². The summed E-state index contributed by atoms with van der Waals surface area (Å²) >= 11 is 6.08. The fraction of sp³-hybridized carbons (Fsp3) is 0.348. The average molecular weight is 525 g/mol. The number of carbonyl (C=O) groups is 2. The van der Waals surface area contributed by atoms with Gasteiger partial charge in [-0.25, -0.2) is 4.98 Å². The standard InChI is InChI=1S/C23H24ClF3N6O3/c1-36-20-9-14(16(24)11-31-20)17(28)10-18(29)22(35)33-7-4-13(5-8-33)21(34)32-12-19-15(23(25,26)27)3-2-6-30-19/h2-3,6,9-11,13,28H,4-5,7-8,12,29H2,1H3,(H,32,34). The maximum atomic E-state index is 13.1. The Kier molecular flexibility index (Phi) is 8.51. The maximum absolute atomic E-state index is 13.1. The van der Waals surface area contributed by atoms with Crippen molar-refractivity contribution in [2.75, 3.05) is 20.2 Å². The van der Waals surface area contributed by atoms with Crippen LogP contribution >= 0.6 is 11.6 Å². The molecule has 2 aromatic rings. The Morgan fingerprint density at radius 1 is 1.33 bits per heavy atom. The quantitative estimate of drug-likeness (QED) is 0.376. The van der Waals surface area contributed by atoms with Crippen molar-refractivity contribution in [3.63, 3.8) is 0 Å². The number of hydrogen-bond acceptors (Lipinski definition) is 7. The Bertz CT molecular complexity index is 1180. The van der Waals surface area contributed by atoms with Gasteiger partial charge >= 0.3 is 6.18 Å². The molecule has 1 fully saturated rings. The molecule has 9 nitrogen and oxygen atoms in total. The number of carbonyl (C=O) groups excluding carboxylic acids is 2. The molecule has 0 aliphatic carbocycles. The van der Waals surface area contributed by atoms with E-state index < -0.39 is 29.5 Å². The van der Waals surface area contributed by atoms with E-state index in [0.29, 0.717) is 12.8 Å². The van der Waals surface area contributed by atoms with Gasteiger partial charge in [-0.05, 0) is 31.1 Å². The van der Waals surface area contributed by atoms with Crippen LogP contribution in [0.4, 0.5) is 13.2 Å². The lowest BCUT2D eigenvalue weighted by Crippen LogP contribution is -2.44. The van der Waals surface area contributed by atoms with E-state index >= 15 is 0 Å². The van der Waals surface area contributed by atoms with Gasteiger partial charge in [-0.1, -0.05) is 11.6 Å². The SMILES string of the molecule is COc1cc(C(=N)C=C(N)C(=O)N2CCC(C(=O)NCc3ncccc3C(F)(F)F)CC2)c(Cl)cn1. The predicted molar refractivity (Wildman–Crippen MR) is 125 cm³/mol. The number of halogens is 4. The van der Waals surface area contributed by atoms with Gasteiger partial charge in [-0.2, -0.15) is 13.2 Å². The van der Waals surface area contributed by atoms with Gasteiger partial charge in [0, 0.05) is 36.8 Å². The number of amides is 2. The second-order valence-corrected chi connectivity index (χ2v) is 8.41. The Morgan fingerprint density at radius 3 is 2.67 bits per heavy atom. The fourth-order valence-electron chi connectivity index (χ4n) is 3.71. The molecule has 192 valence electrons. The number of rotatable bonds is 7. The molecule has 1 saturated heterocycles. The second kappa shape index (κ2) is 11.4. The summed E-state index contributed by atoms with van der Waals surface area (Å²) < 4.78 is 44.3. The summed E-state index contributed by atoms with van der Waals surface area (Å²) in [5.41, 5.74) is 4.77. The van der Waals surface area contributed by atoms with Crippen molar-refractivity contribution in [1.29, 1.82) is 5.41 Å². The van der Waals surface area contributed by atoms with Crippen LogP contribution in [-0.2, 0) is 22.3 Å². The molecule has 2 amide bonds. The maximum Gasteiger partial charge on any atom is 0.418 e. The number of nitrogens with one attached hydrogen (secondary N) is 2. The molecule has 0 atom stereocenters. The molecule has 1 aliphatic heterocycles. The highest BCUT2D eigenvalue weighted by Gasteiger charge is 2.34. The van der Waals surface area contributed by atoms with Crippen LogP contribution in [0.5, 0.6) is 5.88 Å². The number of likely N-dealkylation sites (tertiary alicyclic amines) is 1. The molecule has 0 radical (unpaired) electrons. The minimum atomic E-state index is -4.57. The molecule has 36 heavy (non-hydrogen) atoms. The summed E-state index contributed by atoms with van der Waals surface area (Å²) in [7, 11) is 1.42. The van der Waals surface area contributed by atoms with Gasteiger partial charge in [0.2, 0.25) is 11.8 Å². The van der Waals surface area contributed by atoms with Crippen LogP contribution in [0.15, 0.2) is 42.4 Å². The minimum Gasteiger partial charge on any atom is -0.481 e. The van der Waals surface area contributed by atoms with Gasteiger partial charge < -0.3 is 26.1 Å². The molecule has 0 saturated carbocycles. The van der Waals surface area contributed by atoms with E-state index in [1.54, 1.807) is 0 Å². The number of ether oxygens (including phenoxy) is 1. The highest BCUT2D eigenvalue weighted by atomic mass is 35.5. The molecule has 0 bridgehead atoms. The lowest BCUT2D eigenvalue weighted by molar-refractivity contribution is -0.139. The number of alkyl halides is 3. The van der Waals surface area contributed by atoms with Crippen molar-refractivity contribution in [3.05, 3.63) is 64.2 Å². The molecular formula is C23H24ClF3N6O3. The second-order valence-electron chi connectivity index (χ2n) is 8.00. The zero-order valence-electron chi connectivity index (χ0n) is 19.2. The first-order valence-corrected chi connectivity index (χ1v) is 11.2. The predicted octanol–water partition coefficient (Wildman–Crippen LogP) is 2.92. The molecule has 4 N–H and O–H groups in total. The van der Waals surface area contributed by atoms with Crippen molar-refractivity contribution in [2.24, 2.45) is 11.7 Å². The molecule has 0 unspecified atom stereocenters. The molecule has 0 aromatic carbocycles. The third-order valence-electron chi connectivity index (χ3n) is 5.66. The van der Waals surface area contributed by atoms with E-state index in [1.807, 2.05) is 0 Å². The molecule has 0 spiro atoms. The lowest BCUT2D eigenvalue weighted by atomic mass is 9.95. The molecule has 2 aromatic heterocycles. The van der Waals surface area contributed by atoms with Gasteiger partial charge in [0.1, 0.15) is 0 Å². The van der Waals surface area contributed by atoms with Crippen molar-refractivity contribution in [3.8, 4) is 5.88 Å². The number of nitrogens with zero attached hydrogens (tertiary/aromatic N) is 3. The van der Waals surface area contributed by atoms with E-state index in [9.17, 15) is 22.8 Å². The minimum absolute atomic E-state index is 0.103. The van der Waals surface area contributed by atoms with E-state index in [4.69, 9.17) is 27.5 Å². The highest BCUT2D eigenvalue weighted by molar-refractivity contribution is 6.34. The third-order valence-corrected chi connectivity index (χ3v) is 5.96. The zero-order chi connectivity index (χ0) is 26.5. The van der Waals surface area contributed by atoms with Crippen LogP contribution in [0.3, 0.4) is 0 Å². The first-order chi connectivity index (χ1) is 17.0. The van der Waals surface area contributed by atoms with Crippen LogP contribution < -0.4 is 15.8 Å². The number of nitrogens with two attached hydrogens (primary N) is 1. The molecule has 3 rings (SSSR count). The molecule has 1 aliphatic rings. The first-order valence-electron chi connectivity index (χ1n) is 10.8. The smallest absolute Gasteiger partial charge is 0.418 e. The summed E-state index contributed by atoms with van der Waals surface area (Å²) in [6.45, 7) is 0.0911. The molecule has 13 heteroatoms. The Balaban J connectivity index is 1.56. The van der Waals surface area contributed by atoms with Crippen molar-refractivity contribution in [2.45, 2.75) is 25.6 Å². The lowest BCUT2D eigenvalue weighted by Gasteiger charge is -2.31. The summed E-state index contributed by atoms with van der Waals surface area (Å²) in [6.07, 6.45) is -0.207. The van der Waals surface area contributed by atoms with E-state index in [1.165, 1.54) is 42.6 Å². The highest BCUT2D eigenvalue weighted by Crippen LogP contribution is 2.31. The topological polar surface area (TPSA) is 134 Å². The Morgan fingerprint density at radius 2 is 2.03 bits per heavy atom. The largest absolute Gasteiger partial charge is 0.481 e. The number of pyridine rings is 2. The van der Waals surface area contributed by atoms with Gasteiger partial charge in [-0.3, -0.25) is 14.6 Å². The number of aromatic nitrogens is 2. The summed E-state index contributed by atoms with van der Waals surface area (Å²) in [5.74, 6) is -1.14. The van der Waals surface area contributed by atoms with Crippen molar-refractivity contribution < 1.29 is 27.5 Å². The molecule has 3 heterocycles. The van der Waals surface area contributed by atoms with E-state index in [2.05, 4.69) is 15.3 Å². The molecular weight excluding hydrogens is 501 g/mol. The van der Waals surface area contributed by atoms with Gasteiger partial charge in [0.15, 0.2) is 0 Å². The summed E-state index contributed by atoms with van der Waals surface area (Å²) in [6, 6.07) is 3.55. The third kappa shape index (κ3) is 6.51. The number of piperidine rings is 1. The Hall–Kier alpha value is -3.67. The summed E-state index contributed by atoms with van der Waals surface area (Å²) in [4.78, 5) is 34.4. The van der Waals surface area contributed by atoms with Crippen LogP contribution in [0, 0.1) is 11.3 Å². The normalized spacial score (nSPS) is 14.9. The Labute approximate surface area is 210 Å². The van der Waals surface area contributed by atoms with Gasteiger partial charge in [-0.15, -0.1) is 0 Å². The van der Waals surface area contributed by atoms with E-state index in [-0.39, 0.29) is 53.2 Å².